The molecule has 0 fully saturated rings. The van der Waals surface area contributed by atoms with Crippen LogP contribution in [0, 0.1) is 12.8 Å². The normalized spacial score (nSPS) is 13.1. The van der Waals surface area contributed by atoms with Crippen molar-refractivity contribution < 1.29 is 0 Å². The zero-order chi connectivity index (χ0) is 12.1. The average molecular weight is 241 g/mol. The highest BCUT2D eigenvalue weighted by Gasteiger charge is 2.11. The van der Waals surface area contributed by atoms with Crippen LogP contribution in [0.2, 0.25) is 5.02 Å². The van der Waals surface area contributed by atoms with Crippen molar-refractivity contribution >= 4 is 11.6 Å². The number of hydrogen-bond acceptors (Lipinski definition) is 2. The van der Waals surface area contributed by atoms with Crippen LogP contribution in [0.5, 0.6) is 0 Å². The Morgan fingerprint density at radius 1 is 1.31 bits per heavy atom. The Kier molecular flexibility index (Phi) is 5.26. The molecular weight excluding hydrogens is 220 g/mol. The van der Waals surface area contributed by atoms with Gasteiger partial charge < -0.3 is 0 Å². The van der Waals surface area contributed by atoms with E-state index in [-0.39, 0.29) is 6.04 Å². The van der Waals surface area contributed by atoms with E-state index in [1.165, 1.54) is 5.56 Å². The number of nitrogens with two attached hydrogens (primary N) is 1. The highest BCUT2D eigenvalue weighted by molar-refractivity contribution is 6.31. The van der Waals surface area contributed by atoms with Gasteiger partial charge in [0.25, 0.3) is 0 Å². The molecule has 0 amide bonds. The molecule has 1 atom stereocenters. The minimum Gasteiger partial charge on any atom is -0.271 e. The van der Waals surface area contributed by atoms with Crippen molar-refractivity contribution in [2.45, 2.75) is 39.7 Å². The van der Waals surface area contributed by atoms with Crippen molar-refractivity contribution in [3.8, 4) is 0 Å². The third-order valence-electron chi connectivity index (χ3n) is 2.82. The van der Waals surface area contributed by atoms with Crippen LogP contribution in [-0.4, -0.2) is 0 Å². The fourth-order valence-corrected chi connectivity index (χ4v) is 1.85. The van der Waals surface area contributed by atoms with Crippen LogP contribution >= 0.6 is 11.6 Å². The Morgan fingerprint density at radius 2 is 2.00 bits per heavy atom. The van der Waals surface area contributed by atoms with Gasteiger partial charge in [0, 0.05) is 11.1 Å². The van der Waals surface area contributed by atoms with Crippen LogP contribution in [0.15, 0.2) is 18.2 Å². The number of hydrogen-bond donors (Lipinski definition) is 2. The highest BCUT2D eigenvalue weighted by atomic mass is 35.5. The van der Waals surface area contributed by atoms with Crippen molar-refractivity contribution in [2.75, 3.05) is 0 Å². The van der Waals surface area contributed by atoms with Crippen molar-refractivity contribution in [1.82, 2.24) is 5.43 Å². The Balaban J connectivity index is 2.74. The van der Waals surface area contributed by atoms with Gasteiger partial charge in [0.15, 0.2) is 0 Å². The summed E-state index contributed by atoms with van der Waals surface area (Å²) < 4.78 is 0. The van der Waals surface area contributed by atoms with Crippen molar-refractivity contribution in [2.24, 2.45) is 11.8 Å². The summed E-state index contributed by atoms with van der Waals surface area (Å²) in [6, 6.07) is 6.30. The van der Waals surface area contributed by atoms with Crippen molar-refractivity contribution in [1.29, 1.82) is 0 Å². The summed E-state index contributed by atoms with van der Waals surface area (Å²) in [6.07, 6.45) is 2.21. The molecule has 3 heteroatoms. The lowest BCUT2D eigenvalue weighted by molar-refractivity contribution is 0.448. The Labute approximate surface area is 103 Å². The lowest BCUT2D eigenvalue weighted by Crippen LogP contribution is -2.28. The standard InChI is InChI=1S/C13H21ClN2/c1-9(2)4-7-13(16-15)11-5-6-12(14)10(3)8-11/h5-6,8-9,13,16H,4,7,15H2,1-3H3. The first-order valence-corrected chi connectivity index (χ1v) is 6.14. The molecular formula is C13H21ClN2. The summed E-state index contributed by atoms with van der Waals surface area (Å²) in [5.41, 5.74) is 5.19. The monoisotopic (exact) mass is 240 g/mol. The molecule has 1 aromatic rings. The van der Waals surface area contributed by atoms with E-state index >= 15 is 0 Å². The predicted octanol–water partition coefficient (Wildman–Crippen LogP) is 3.59. The molecule has 0 aliphatic rings. The van der Waals surface area contributed by atoms with Gasteiger partial charge in [-0.3, -0.25) is 11.3 Å². The number of benzene rings is 1. The second kappa shape index (κ2) is 6.24. The van der Waals surface area contributed by atoms with E-state index in [1.54, 1.807) is 0 Å². The SMILES string of the molecule is Cc1cc(C(CCC(C)C)NN)ccc1Cl. The fraction of sp³-hybridized carbons (Fsp3) is 0.538. The van der Waals surface area contributed by atoms with Gasteiger partial charge in [0.1, 0.15) is 0 Å². The van der Waals surface area contributed by atoms with E-state index in [9.17, 15) is 0 Å². The highest BCUT2D eigenvalue weighted by Crippen LogP contribution is 2.24. The second-order valence-electron chi connectivity index (χ2n) is 4.70. The molecule has 1 aromatic carbocycles. The van der Waals surface area contributed by atoms with Crippen LogP contribution in [0.25, 0.3) is 0 Å². The first-order chi connectivity index (χ1) is 7.54. The predicted molar refractivity (Wildman–Crippen MR) is 70.3 cm³/mol. The van der Waals surface area contributed by atoms with Crippen LogP contribution in [-0.2, 0) is 0 Å². The maximum absolute atomic E-state index is 6.00. The summed E-state index contributed by atoms with van der Waals surface area (Å²) in [6.45, 7) is 6.46. The third kappa shape index (κ3) is 3.78. The fourth-order valence-electron chi connectivity index (χ4n) is 1.73. The Morgan fingerprint density at radius 3 is 2.50 bits per heavy atom. The van der Waals surface area contributed by atoms with Crippen LogP contribution in [0.3, 0.4) is 0 Å². The zero-order valence-electron chi connectivity index (χ0n) is 10.3. The zero-order valence-corrected chi connectivity index (χ0v) is 11.0. The first kappa shape index (κ1) is 13.5. The molecule has 16 heavy (non-hydrogen) atoms. The molecule has 2 nitrogen and oxygen atoms in total. The summed E-state index contributed by atoms with van der Waals surface area (Å²) in [5.74, 6) is 6.29. The van der Waals surface area contributed by atoms with E-state index in [4.69, 9.17) is 17.4 Å². The van der Waals surface area contributed by atoms with Gasteiger partial charge in [-0.1, -0.05) is 37.6 Å². The molecule has 90 valence electrons. The van der Waals surface area contributed by atoms with E-state index in [0.29, 0.717) is 5.92 Å². The molecule has 0 bridgehead atoms. The maximum Gasteiger partial charge on any atom is 0.0460 e. The first-order valence-electron chi connectivity index (χ1n) is 5.76. The number of rotatable bonds is 5. The number of halogens is 1. The van der Waals surface area contributed by atoms with E-state index < -0.39 is 0 Å². The topological polar surface area (TPSA) is 38.0 Å². The number of nitrogens with one attached hydrogen (secondary N) is 1. The molecule has 0 saturated heterocycles. The van der Waals surface area contributed by atoms with E-state index in [0.717, 1.165) is 23.4 Å². The third-order valence-corrected chi connectivity index (χ3v) is 3.24. The van der Waals surface area contributed by atoms with Crippen molar-refractivity contribution in [3.63, 3.8) is 0 Å². The van der Waals surface area contributed by atoms with Crippen LogP contribution < -0.4 is 11.3 Å². The van der Waals surface area contributed by atoms with Crippen molar-refractivity contribution in [3.05, 3.63) is 34.3 Å². The van der Waals surface area contributed by atoms with Gasteiger partial charge in [-0.25, -0.2) is 0 Å². The largest absolute Gasteiger partial charge is 0.271 e. The Hall–Kier alpha value is -0.570. The quantitative estimate of drug-likeness (QED) is 0.610. The minimum absolute atomic E-state index is 0.221. The summed E-state index contributed by atoms with van der Waals surface area (Å²) >= 11 is 6.00. The molecule has 1 unspecified atom stereocenters. The molecule has 0 spiro atoms. The van der Waals surface area contributed by atoms with Crippen LogP contribution in [0.1, 0.15) is 43.9 Å². The molecule has 3 N–H and O–H groups in total. The molecule has 0 saturated carbocycles. The molecule has 0 heterocycles. The van der Waals surface area contributed by atoms with E-state index in [2.05, 4.69) is 25.3 Å². The van der Waals surface area contributed by atoms with Gasteiger partial charge in [0.05, 0.1) is 0 Å². The lowest BCUT2D eigenvalue weighted by atomic mass is 9.97. The van der Waals surface area contributed by atoms with Gasteiger partial charge in [-0.05, 0) is 42.9 Å². The molecule has 0 aliphatic heterocycles. The smallest absolute Gasteiger partial charge is 0.0460 e. The molecule has 0 aromatic heterocycles. The van der Waals surface area contributed by atoms with Gasteiger partial charge >= 0.3 is 0 Å². The molecule has 1 rings (SSSR count). The second-order valence-corrected chi connectivity index (χ2v) is 5.11. The van der Waals surface area contributed by atoms with E-state index in [1.807, 2.05) is 19.1 Å². The Bertz CT molecular complexity index is 337. The summed E-state index contributed by atoms with van der Waals surface area (Å²) in [7, 11) is 0. The summed E-state index contributed by atoms with van der Waals surface area (Å²) in [5, 5.41) is 0.809. The van der Waals surface area contributed by atoms with Gasteiger partial charge in [-0.15, -0.1) is 0 Å². The maximum atomic E-state index is 6.00. The van der Waals surface area contributed by atoms with Crippen LogP contribution in [0.4, 0.5) is 0 Å². The molecule has 0 aliphatic carbocycles. The lowest BCUT2D eigenvalue weighted by Gasteiger charge is -2.18. The van der Waals surface area contributed by atoms with Gasteiger partial charge in [-0.2, -0.15) is 0 Å². The number of aryl methyl sites for hydroxylation is 1. The minimum atomic E-state index is 0.221. The average Bonchev–Trinajstić information content (AvgIpc) is 2.23. The van der Waals surface area contributed by atoms with Gasteiger partial charge in [0.2, 0.25) is 0 Å². The molecule has 0 radical (unpaired) electrons. The summed E-state index contributed by atoms with van der Waals surface area (Å²) in [4.78, 5) is 0. The number of hydrazine groups is 1.